The number of hydrogen-bond acceptors (Lipinski definition) is 3. The molecular weight excluding hydrogens is 290 g/mol. The van der Waals surface area contributed by atoms with Crippen molar-refractivity contribution in [3.63, 3.8) is 0 Å². The van der Waals surface area contributed by atoms with E-state index in [2.05, 4.69) is 0 Å². The molecule has 1 saturated heterocycles. The van der Waals surface area contributed by atoms with Crippen molar-refractivity contribution in [3.8, 4) is 0 Å². The van der Waals surface area contributed by atoms with Crippen LogP contribution < -0.4 is 0 Å². The zero-order chi connectivity index (χ0) is 15.8. The van der Waals surface area contributed by atoms with Crippen LogP contribution in [0.1, 0.15) is 19.4 Å². The van der Waals surface area contributed by atoms with Crippen molar-refractivity contribution in [1.29, 1.82) is 0 Å². The minimum Gasteiger partial charge on any atom is -0.478 e. The molecule has 0 amide bonds. The highest BCUT2D eigenvalue weighted by atomic mass is 32.2. The van der Waals surface area contributed by atoms with E-state index in [0.29, 0.717) is 12.1 Å². The lowest BCUT2D eigenvalue weighted by Crippen LogP contribution is -2.28. The number of nitrogens with zero attached hydrogens (tertiary/aromatic N) is 1. The van der Waals surface area contributed by atoms with E-state index in [1.807, 2.05) is 13.8 Å². The van der Waals surface area contributed by atoms with Gasteiger partial charge < -0.3 is 5.11 Å². The number of carboxylic acids is 1. The third-order valence-electron chi connectivity index (χ3n) is 3.88. The molecule has 0 unspecified atom stereocenters. The van der Waals surface area contributed by atoms with Gasteiger partial charge in [0.15, 0.2) is 0 Å². The third-order valence-corrected chi connectivity index (χ3v) is 5.71. The molecule has 0 bridgehead atoms. The maximum atomic E-state index is 12.6. The molecule has 0 aliphatic carbocycles. The van der Waals surface area contributed by atoms with Gasteiger partial charge in [-0.25, -0.2) is 13.2 Å². The number of sulfonamides is 1. The third kappa shape index (κ3) is 3.01. The number of aliphatic carboxylic acids is 1. The fourth-order valence-electron chi connectivity index (χ4n) is 2.49. The van der Waals surface area contributed by atoms with Gasteiger partial charge in [0.05, 0.1) is 4.90 Å². The first-order valence-corrected chi connectivity index (χ1v) is 8.17. The van der Waals surface area contributed by atoms with Gasteiger partial charge in [-0.15, -0.1) is 0 Å². The highest BCUT2D eigenvalue weighted by Gasteiger charge is 2.35. The molecule has 114 valence electrons. The molecule has 1 aliphatic heterocycles. The molecule has 0 radical (unpaired) electrons. The molecule has 1 fully saturated rings. The molecule has 1 atom stereocenters. The van der Waals surface area contributed by atoms with E-state index in [-0.39, 0.29) is 22.9 Å². The number of benzene rings is 1. The van der Waals surface area contributed by atoms with Crippen LogP contribution in [-0.2, 0) is 14.8 Å². The second kappa shape index (κ2) is 5.61. The van der Waals surface area contributed by atoms with E-state index >= 15 is 0 Å². The summed E-state index contributed by atoms with van der Waals surface area (Å²) in [6, 6.07) is 6.68. The van der Waals surface area contributed by atoms with Crippen LogP contribution in [0.15, 0.2) is 40.3 Å². The molecule has 6 heteroatoms. The Bertz CT molecular complexity index is 689. The summed E-state index contributed by atoms with van der Waals surface area (Å²) >= 11 is 0. The van der Waals surface area contributed by atoms with Gasteiger partial charge in [-0.3, -0.25) is 0 Å². The van der Waals surface area contributed by atoms with Crippen molar-refractivity contribution in [2.45, 2.75) is 25.7 Å². The molecule has 0 spiro atoms. The van der Waals surface area contributed by atoms with E-state index in [4.69, 9.17) is 5.11 Å². The van der Waals surface area contributed by atoms with Crippen LogP contribution in [-0.4, -0.2) is 36.9 Å². The number of hydrogen-bond donors (Lipinski definition) is 1. The van der Waals surface area contributed by atoms with Crippen LogP contribution in [0.4, 0.5) is 0 Å². The van der Waals surface area contributed by atoms with Crippen LogP contribution >= 0.6 is 0 Å². The summed E-state index contributed by atoms with van der Waals surface area (Å²) in [6.07, 6.45) is 0. The maximum absolute atomic E-state index is 12.6. The molecule has 1 N–H and O–H groups in total. The first-order valence-electron chi connectivity index (χ1n) is 6.73. The van der Waals surface area contributed by atoms with E-state index in [1.165, 1.54) is 11.2 Å². The van der Waals surface area contributed by atoms with Crippen molar-refractivity contribution in [2.75, 3.05) is 13.1 Å². The Hall–Kier alpha value is -1.66. The van der Waals surface area contributed by atoms with E-state index in [1.54, 1.807) is 24.3 Å². The lowest BCUT2D eigenvalue weighted by Gasteiger charge is -2.15. The van der Waals surface area contributed by atoms with Crippen molar-refractivity contribution in [1.82, 2.24) is 4.31 Å². The largest absolute Gasteiger partial charge is 0.478 e. The summed E-state index contributed by atoms with van der Waals surface area (Å²) in [5.74, 6) is -1.08. The fraction of sp³-hybridized carbons (Fsp3) is 0.400. The van der Waals surface area contributed by atoms with Crippen molar-refractivity contribution >= 4 is 16.0 Å². The van der Waals surface area contributed by atoms with E-state index < -0.39 is 16.0 Å². The standard InChI is InChI=1S/C15H19NO4S/c1-10-4-6-13(7-5-10)21(19,20)16-8-11(2)14(9-16)12(3)15(17)18/h4-7,11H,8-9H2,1-3H3,(H,17,18)/b14-12-/t11-/m1/s1. The Balaban J connectivity index is 2.34. The maximum Gasteiger partial charge on any atom is 0.331 e. The molecule has 5 nitrogen and oxygen atoms in total. The summed E-state index contributed by atoms with van der Waals surface area (Å²) in [7, 11) is -3.57. The number of carboxylic acid groups (broad SMARTS) is 1. The van der Waals surface area contributed by atoms with Gasteiger partial charge in [0.25, 0.3) is 0 Å². The highest BCUT2D eigenvalue weighted by Crippen LogP contribution is 2.30. The molecule has 0 saturated carbocycles. The van der Waals surface area contributed by atoms with Crippen molar-refractivity contribution in [3.05, 3.63) is 41.0 Å². The molecule has 1 aliphatic rings. The molecule has 2 rings (SSSR count). The van der Waals surface area contributed by atoms with Gasteiger partial charge in [0, 0.05) is 18.7 Å². The minimum atomic E-state index is -3.57. The second-order valence-corrected chi connectivity index (χ2v) is 7.40. The topological polar surface area (TPSA) is 74.7 Å². The Morgan fingerprint density at radius 3 is 2.38 bits per heavy atom. The van der Waals surface area contributed by atoms with Crippen LogP contribution in [0.25, 0.3) is 0 Å². The molecule has 21 heavy (non-hydrogen) atoms. The first-order chi connectivity index (χ1) is 9.73. The summed E-state index contributed by atoms with van der Waals surface area (Å²) in [5.41, 5.74) is 1.91. The second-order valence-electron chi connectivity index (χ2n) is 5.47. The SMILES string of the molecule is C/C(C(=O)O)=C1\CN(S(=O)(=O)c2ccc(C)cc2)C[C@H]1C. The zero-order valence-corrected chi connectivity index (χ0v) is 13.1. The van der Waals surface area contributed by atoms with Crippen LogP contribution in [0.3, 0.4) is 0 Å². The van der Waals surface area contributed by atoms with Crippen LogP contribution in [0.5, 0.6) is 0 Å². The van der Waals surface area contributed by atoms with Crippen molar-refractivity contribution < 1.29 is 18.3 Å². The Kier molecular flexibility index (Phi) is 4.20. The van der Waals surface area contributed by atoms with Gasteiger partial charge in [-0.2, -0.15) is 4.31 Å². The van der Waals surface area contributed by atoms with E-state index in [9.17, 15) is 13.2 Å². The van der Waals surface area contributed by atoms with Gasteiger partial charge in [-0.05, 0) is 37.5 Å². The van der Waals surface area contributed by atoms with Crippen LogP contribution in [0, 0.1) is 12.8 Å². The number of carbonyl (C=O) groups is 1. The van der Waals surface area contributed by atoms with Gasteiger partial charge in [-0.1, -0.05) is 24.6 Å². The summed E-state index contributed by atoms with van der Waals surface area (Å²) in [5, 5.41) is 9.07. The predicted molar refractivity (Wildman–Crippen MR) is 79.4 cm³/mol. The van der Waals surface area contributed by atoms with Gasteiger partial charge >= 0.3 is 5.97 Å². The number of rotatable bonds is 3. The van der Waals surface area contributed by atoms with Crippen LogP contribution in [0.2, 0.25) is 0 Å². The van der Waals surface area contributed by atoms with Crippen molar-refractivity contribution in [2.24, 2.45) is 5.92 Å². The van der Waals surface area contributed by atoms with E-state index in [0.717, 1.165) is 5.56 Å². The Morgan fingerprint density at radius 2 is 1.86 bits per heavy atom. The summed E-state index contributed by atoms with van der Waals surface area (Å²) in [6.45, 7) is 5.74. The highest BCUT2D eigenvalue weighted by molar-refractivity contribution is 7.89. The molecule has 1 heterocycles. The first kappa shape index (κ1) is 15.7. The van der Waals surface area contributed by atoms with Gasteiger partial charge in [0.1, 0.15) is 0 Å². The minimum absolute atomic E-state index is 0.0821. The number of aryl methyl sites for hydroxylation is 1. The molecule has 0 aromatic heterocycles. The summed E-state index contributed by atoms with van der Waals surface area (Å²) in [4.78, 5) is 11.3. The Labute approximate surface area is 124 Å². The fourth-order valence-corrected chi connectivity index (χ4v) is 4.00. The quantitative estimate of drug-likeness (QED) is 0.867. The molecular formula is C15H19NO4S. The molecule has 1 aromatic carbocycles. The normalized spacial score (nSPS) is 22.3. The average molecular weight is 309 g/mol. The average Bonchev–Trinajstić information content (AvgIpc) is 2.81. The zero-order valence-electron chi connectivity index (χ0n) is 12.3. The Morgan fingerprint density at radius 1 is 1.29 bits per heavy atom. The summed E-state index contributed by atoms with van der Waals surface area (Å²) < 4.78 is 26.5. The smallest absolute Gasteiger partial charge is 0.331 e. The monoisotopic (exact) mass is 309 g/mol. The predicted octanol–water partition coefficient (Wildman–Crippen LogP) is 2.04. The van der Waals surface area contributed by atoms with Gasteiger partial charge in [0.2, 0.25) is 10.0 Å². The molecule has 1 aromatic rings. The lowest BCUT2D eigenvalue weighted by molar-refractivity contribution is -0.132. The lowest BCUT2D eigenvalue weighted by atomic mass is 10.0.